The van der Waals surface area contributed by atoms with E-state index in [4.69, 9.17) is 4.74 Å². The number of methoxy groups -OCH3 is 1. The van der Waals surface area contributed by atoms with Crippen molar-refractivity contribution in [1.29, 1.82) is 0 Å². The lowest BCUT2D eigenvalue weighted by Crippen LogP contribution is -1.95. The summed E-state index contributed by atoms with van der Waals surface area (Å²) in [5.74, 6) is 0.843. The second-order valence-electron chi connectivity index (χ2n) is 2.45. The van der Waals surface area contributed by atoms with Crippen molar-refractivity contribution in [1.82, 2.24) is 4.98 Å². The van der Waals surface area contributed by atoms with Crippen LogP contribution in [0.4, 0.5) is 0 Å². The Morgan fingerprint density at radius 1 is 1.67 bits per heavy atom. The fraction of sp³-hybridized carbons (Fsp3) is 0.300. The maximum atomic E-state index is 5.22. The number of pyridine rings is 1. The van der Waals surface area contributed by atoms with Crippen molar-refractivity contribution in [2.24, 2.45) is 0 Å². The Morgan fingerprint density at radius 2 is 2.42 bits per heavy atom. The van der Waals surface area contributed by atoms with Crippen molar-refractivity contribution >= 4 is 6.08 Å². The Labute approximate surface area is 72.9 Å². The largest absolute Gasteiger partial charge is 0.494 e. The zero-order chi connectivity index (χ0) is 8.97. The molecule has 0 N–H and O–H groups in total. The monoisotopic (exact) mass is 163 g/mol. The van der Waals surface area contributed by atoms with Gasteiger partial charge in [-0.3, -0.25) is 4.98 Å². The molecule has 0 aliphatic rings. The predicted molar refractivity (Wildman–Crippen MR) is 50.3 cm³/mol. The van der Waals surface area contributed by atoms with Crippen LogP contribution >= 0.6 is 0 Å². The molecule has 1 heterocycles. The molecule has 0 aromatic carbocycles. The molecule has 1 rings (SSSR count). The van der Waals surface area contributed by atoms with Gasteiger partial charge in [0.05, 0.1) is 7.11 Å². The molecule has 0 amide bonds. The Morgan fingerprint density at radius 3 is 2.92 bits per heavy atom. The molecule has 0 bridgehead atoms. The van der Waals surface area contributed by atoms with E-state index in [1.54, 1.807) is 19.4 Å². The Hall–Kier alpha value is -1.31. The van der Waals surface area contributed by atoms with Gasteiger partial charge in [0.25, 0.3) is 0 Å². The second-order valence-corrected chi connectivity index (χ2v) is 2.45. The number of hydrogen-bond acceptors (Lipinski definition) is 2. The van der Waals surface area contributed by atoms with Gasteiger partial charge in [-0.2, -0.15) is 0 Å². The van der Waals surface area contributed by atoms with E-state index in [-0.39, 0.29) is 0 Å². The summed E-state index contributed by atoms with van der Waals surface area (Å²) in [5, 5.41) is 0. The van der Waals surface area contributed by atoms with Crippen LogP contribution in [0.2, 0.25) is 0 Å². The molecule has 1 aromatic rings. The summed E-state index contributed by atoms with van der Waals surface area (Å²) in [6, 6.07) is 1.96. The standard InChI is InChI=1S/C10H13NO/c1-4-8-6-7-11-9(5-2)10(8)12-3/h5-7H,2,4H2,1,3H3. The topological polar surface area (TPSA) is 22.1 Å². The minimum absolute atomic E-state index is 0.817. The molecular weight excluding hydrogens is 150 g/mol. The first-order valence-corrected chi connectivity index (χ1v) is 3.97. The molecule has 0 atom stereocenters. The van der Waals surface area contributed by atoms with Gasteiger partial charge in [-0.1, -0.05) is 13.5 Å². The van der Waals surface area contributed by atoms with Gasteiger partial charge < -0.3 is 4.74 Å². The van der Waals surface area contributed by atoms with Crippen LogP contribution < -0.4 is 4.74 Å². The molecule has 0 saturated carbocycles. The predicted octanol–water partition coefficient (Wildman–Crippen LogP) is 2.30. The second kappa shape index (κ2) is 3.90. The first-order valence-electron chi connectivity index (χ1n) is 3.97. The third kappa shape index (κ3) is 1.47. The molecule has 2 nitrogen and oxygen atoms in total. The van der Waals surface area contributed by atoms with Crippen molar-refractivity contribution < 1.29 is 4.74 Å². The molecule has 0 spiro atoms. The molecule has 12 heavy (non-hydrogen) atoms. The summed E-state index contributed by atoms with van der Waals surface area (Å²) in [6.45, 7) is 5.76. The van der Waals surface area contributed by atoms with Crippen molar-refractivity contribution in [3.63, 3.8) is 0 Å². The quantitative estimate of drug-likeness (QED) is 0.682. The van der Waals surface area contributed by atoms with Gasteiger partial charge in [0.1, 0.15) is 11.4 Å². The van der Waals surface area contributed by atoms with Gasteiger partial charge in [0, 0.05) is 6.20 Å². The minimum atomic E-state index is 0.817. The molecular formula is C10H13NO. The van der Waals surface area contributed by atoms with E-state index >= 15 is 0 Å². The summed E-state index contributed by atoms with van der Waals surface area (Å²) in [6.07, 6.45) is 4.43. The van der Waals surface area contributed by atoms with E-state index in [0.717, 1.165) is 17.9 Å². The van der Waals surface area contributed by atoms with Gasteiger partial charge in [-0.25, -0.2) is 0 Å². The lowest BCUT2D eigenvalue weighted by molar-refractivity contribution is 0.407. The fourth-order valence-corrected chi connectivity index (χ4v) is 1.17. The average molecular weight is 163 g/mol. The van der Waals surface area contributed by atoms with Crippen LogP contribution in [0.1, 0.15) is 18.2 Å². The molecule has 0 aliphatic heterocycles. The van der Waals surface area contributed by atoms with Crippen molar-refractivity contribution in [3.05, 3.63) is 30.1 Å². The normalized spacial score (nSPS) is 9.50. The van der Waals surface area contributed by atoms with Crippen LogP contribution in [-0.4, -0.2) is 12.1 Å². The smallest absolute Gasteiger partial charge is 0.147 e. The highest BCUT2D eigenvalue weighted by molar-refractivity contribution is 5.54. The highest BCUT2D eigenvalue weighted by atomic mass is 16.5. The van der Waals surface area contributed by atoms with E-state index < -0.39 is 0 Å². The summed E-state index contributed by atoms with van der Waals surface area (Å²) >= 11 is 0. The van der Waals surface area contributed by atoms with Gasteiger partial charge >= 0.3 is 0 Å². The van der Waals surface area contributed by atoms with Gasteiger partial charge in [0.15, 0.2) is 0 Å². The van der Waals surface area contributed by atoms with E-state index in [2.05, 4.69) is 18.5 Å². The first-order chi connectivity index (χ1) is 5.83. The van der Waals surface area contributed by atoms with Crippen LogP contribution in [-0.2, 0) is 6.42 Å². The zero-order valence-electron chi connectivity index (χ0n) is 7.50. The van der Waals surface area contributed by atoms with Crippen LogP contribution in [0.25, 0.3) is 6.08 Å². The number of nitrogens with zero attached hydrogens (tertiary/aromatic N) is 1. The van der Waals surface area contributed by atoms with E-state index in [1.807, 2.05) is 6.07 Å². The van der Waals surface area contributed by atoms with E-state index in [1.165, 1.54) is 5.56 Å². The summed E-state index contributed by atoms with van der Waals surface area (Å²) in [4.78, 5) is 4.13. The minimum Gasteiger partial charge on any atom is -0.494 e. The third-order valence-electron chi connectivity index (χ3n) is 1.79. The van der Waals surface area contributed by atoms with E-state index in [0.29, 0.717) is 0 Å². The summed E-state index contributed by atoms with van der Waals surface area (Å²) < 4.78 is 5.22. The molecule has 0 aliphatic carbocycles. The maximum absolute atomic E-state index is 5.22. The lowest BCUT2D eigenvalue weighted by atomic mass is 10.1. The molecule has 0 saturated heterocycles. The number of aromatic nitrogens is 1. The molecule has 0 unspecified atom stereocenters. The third-order valence-corrected chi connectivity index (χ3v) is 1.79. The first kappa shape index (κ1) is 8.78. The van der Waals surface area contributed by atoms with Gasteiger partial charge in [-0.05, 0) is 24.1 Å². The summed E-state index contributed by atoms with van der Waals surface area (Å²) in [7, 11) is 1.66. The van der Waals surface area contributed by atoms with E-state index in [9.17, 15) is 0 Å². The number of aryl methyl sites for hydroxylation is 1. The molecule has 0 radical (unpaired) electrons. The average Bonchev–Trinajstić information content (AvgIpc) is 2.16. The highest BCUT2D eigenvalue weighted by Gasteiger charge is 2.04. The van der Waals surface area contributed by atoms with Crippen LogP contribution in [0.5, 0.6) is 5.75 Å². The van der Waals surface area contributed by atoms with Crippen LogP contribution in [0, 0.1) is 0 Å². The van der Waals surface area contributed by atoms with Crippen molar-refractivity contribution in [3.8, 4) is 5.75 Å². The Kier molecular flexibility index (Phi) is 2.86. The van der Waals surface area contributed by atoms with Crippen LogP contribution in [0.3, 0.4) is 0 Å². The lowest BCUT2D eigenvalue weighted by Gasteiger charge is -2.07. The highest BCUT2D eigenvalue weighted by Crippen LogP contribution is 2.22. The van der Waals surface area contributed by atoms with Gasteiger partial charge in [-0.15, -0.1) is 0 Å². The number of ether oxygens (including phenoxy) is 1. The molecule has 0 fully saturated rings. The Balaban J connectivity index is 3.21. The Bertz CT molecular complexity index is 281. The van der Waals surface area contributed by atoms with Crippen LogP contribution in [0.15, 0.2) is 18.8 Å². The maximum Gasteiger partial charge on any atom is 0.147 e. The summed E-state index contributed by atoms with van der Waals surface area (Å²) in [5.41, 5.74) is 1.99. The van der Waals surface area contributed by atoms with Gasteiger partial charge in [0.2, 0.25) is 0 Å². The molecule has 2 heteroatoms. The molecule has 64 valence electrons. The number of rotatable bonds is 3. The SMILES string of the molecule is C=Cc1nccc(CC)c1OC. The van der Waals surface area contributed by atoms with Crippen molar-refractivity contribution in [2.45, 2.75) is 13.3 Å². The number of hydrogen-bond donors (Lipinski definition) is 0. The zero-order valence-corrected chi connectivity index (χ0v) is 7.50. The molecule has 1 aromatic heterocycles. The fourth-order valence-electron chi connectivity index (χ4n) is 1.17. The van der Waals surface area contributed by atoms with Crippen molar-refractivity contribution in [2.75, 3.05) is 7.11 Å².